The topological polar surface area (TPSA) is 72.5 Å². The van der Waals surface area contributed by atoms with Crippen LogP contribution in [-0.4, -0.2) is 30.1 Å². The maximum atomic E-state index is 12.7. The number of ether oxygens (including phenoxy) is 1. The lowest BCUT2D eigenvalue weighted by atomic mass is 10.2. The van der Waals surface area contributed by atoms with Crippen LogP contribution in [-0.2, 0) is 6.18 Å². The average Bonchev–Trinajstić information content (AvgIpc) is 2.42. The Labute approximate surface area is 144 Å². The number of hydrogen-bond acceptors (Lipinski definition) is 3. The van der Waals surface area contributed by atoms with E-state index in [9.17, 15) is 13.2 Å². The van der Waals surface area contributed by atoms with Gasteiger partial charge in [-0.15, -0.1) is 24.0 Å². The van der Waals surface area contributed by atoms with Crippen LogP contribution in [0, 0.1) is 0 Å². The number of nitrogens with zero attached hydrogens (tertiary/aromatic N) is 2. The molecule has 0 saturated heterocycles. The van der Waals surface area contributed by atoms with E-state index in [1.54, 1.807) is 0 Å². The second kappa shape index (κ2) is 9.70. The van der Waals surface area contributed by atoms with Crippen molar-refractivity contribution in [1.82, 2.24) is 10.3 Å². The Bertz CT molecular complexity index is 483. The molecule has 0 radical (unpaired) electrons. The van der Waals surface area contributed by atoms with Crippen LogP contribution in [0.2, 0.25) is 0 Å². The third-order valence-electron chi connectivity index (χ3n) is 2.70. The molecule has 1 atom stereocenters. The molecule has 0 aliphatic carbocycles. The van der Waals surface area contributed by atoms with Crippen LogP contribution in [0.25, 0.3) is 0 Å². The van der Waals surface area contributed by atoms with Crippen LogP contribution in [0.5, 0.6) is 5.88 Å². The lowest BCUT2D eigenvalue weighted by Crippen LogP contribution is -2.38. The molecular weight excluding hydrogens is 412 g/mol. The van der Waals surface area contributed by atoms with Crippen LogP contribution in [0.4, 0.5) is 13.2 Å². The molecule has 0 aliphatic rings. The number of pyridine rings is 1. The van der Waals surface area contributed by atoms with E-state index >= 15 is 0 Å². The van der Waals surface area contributed by atoms with Crippen LogP contribution < -0.4 is 15.8 Å². The molecule has 0 spiro atoms. The summed E-state index contributed by atoms with van der Waals surface area (Å²) in [7, 11) is 0. The number of nitrogens with two attached hydrogens (primary N) is 1. The molecule has 5 nitrogen and oxygen atoms in total. The standard InChI is InChI=1S/C13H19F3N4O.HI/c1-3-9(2)20-12(17)19-7-8-21-11-10(13(14,15)16)5-4-6-18-11;/h4-6,9H,3,7-8H2,1-2H3,(H3,17,19,20);1H. The van der Waals surface area contributed by atoms with Gasteiger partial charge in [-0.25, -0.2) is 9.98 Å². The van der Waals surface area contributed by atoms with E-state index < -0.39 is 17.6 Å². The summed E-state index contributed by atoms with van der Waals surface area (Å²) in [4.78, 5) is 7.55. The fraction of sp³-hybridized carbons (Fsp3) is 0.538. The summed E-state index contributed by atoms with van der Waals surface area (Å²) in [5.41, 5.74) is 4.71. The van der Waals surface area contributed by atoms with Gasteiger partial charge in [0.1, 0.15) is 12.2 Å². The molecule has 3 N–H and O–H groups in total. The molecule has 0 saturated carbocycles. The van der Waals surface area contributed by atoms with Crippen molar-refractivity contribution in [2.75, 3.05) is 13.2 Å². The van der Waals surface area contributed by atoms with Crippen LogP contribution in [0.15, 0.2) is 23.3 Å². The number of nitrogens with one attached hydrogen (secondary N) is 1. The van der Waals surface area contributed by atoms with Crippen molar-refractivity contribution in [1.29, 1.82) is 0 Å². The van der Waals surface area contributed by atoms with Gasteiger partial charge in [-0.05, 0) is 25.5 Å². The summed E-state index contributed by atoms with van der Waals surface area (Å²) in [5.74, 6) is -0.210. The number of guanidine groups is 1. The SMILES string of the molecule is CCC(C)NC(N)=NCCOc1ncccc1C(F)(F)F.I. The predicted molar refractivity (Wildman–Crippen MR) is 89.5 cm³/mol. The van der Waals surface area contributed by atoms with Gasteiger partial charge in [0.05, 0.1) is 6.54 Å². The van der Waals surface area contributed by atoms with Crippen molar-refractivity contribution in [3.05, 3.63) is 23.9 Å². The second-order valence-electron chi connectivity index (χ2n) is 4.42. The molecule has 1 aromatic heterocycles. The fourth-order valence-corrected chi connectivity index (χ4v) is 1.43. The highest BCUT2D eigenvalue weighted by Gasteiger charge is 2.34. The van der Waals surface area contributed by atoms with Crippen molar-refractivity contribution >= 4 is 29.9 Å². The van der Waals surface area contributed by atoms with E-state index in [1.165, 1.54) is 12.3 Å². The molecule has 22 heavy (non-hydrogen) atoms. The van der Waals surface area contributed by atoms with E-state index in [2.05, 4.69) is 15.3 Å². The predicted octanol–water partition coefficient (Wildman–Crippen LogP) is 2.80. The summed E-state index contributed by atoms with van der Waals surface area (Å²) >= 11 is 0. The van der Waals surface area contributed by atoms with Gasteiger partial charge in [0.15, 0.2) is 5.96 Å². The molecule has 1 rings (SSSR count). The first kappa shape index (κ1) is 20.7. The van der Waals surface area contributed by atoms with E-state index in [0.717, 1.165) is 12.5 Å². The number of alkyl halides is 3. The van der Waals surface area contributed by atoms with Gasteiger partial charge >= 0.3 is 6.18 Å². The summed E-state index contributed by atoms with van der Waals surface area (Å²) in [6.07, 6.45) is -2.37. The van der Waals surface area contributed by atoms with Crippen LogP contribution in [0.3, 0.4) is 0 Å². The summed E-state index contributed by atoms with van der Waals surface area (Å²) < 4.78 is 43.1. The van der Waals surface area contributed by atoms with Crippen LogP contribution >= 0.6 is 24.0 Å². The van der Waals surface area contributed by atoms with Crippen molar-refractivity contribution in [3.8, 4) is 5.88 Å². The van der Waals surface area contributed by atoms with Crippen molar-refractivity contribution in [2.45, 2.75) is 32.5 Å². The van der Waals surface area contributed by atoms with Gasteiger partial charge in [0.2, 0.25) is 5.88 Å². The minimum atomic E-state index is -4.50. The molecule has 0 aromatic carbocycles. The Morgan fingerprint density at radius 1 is 1.50 bits per heavy atom. The van der Waals surface area contributed by atoms with Crippen molar-refractivity contribution in [3.63, 3.8) is 0 Å². The maximum absolute atomic E-state index is 12.7. The first-order valence-corrected chi connectivity index (χ1v) is 6.56. The minimum Gasteiger partial charge on any atom is -0.475 e. The largest absolute Gasteiger partial charge is 0.475 e. The lowest BCUT2D eigenvalue weighted by Gasteiger charge is -2.13. The van der Waals surface area contributed by atoms with E-state index in [1.807, 2.05) is 13.8 Å². The Morgan fingerprint density at radius 3 is 2.77 bits per heavy atom. The quantitative estimate of drug-likeness (QED) is 0.314. The first-order valence-electron chi connectivity index (χ1n) is 6.56. The van der Waals surface area contributed by atoms with Gasteiger partial charge in [-0.3, -0.25) is 0 Å². The number of aliphatic imine (C=N–C) groups is 1. The molecule has 1 heterocycles. The highest BCUT2D eigenvalue weighted by molar-refractivity contribution is 14.0. The van der Waals surface area contributed by atoms with Crippen molar-refractivity contribution < 1.29 is 17.9 Å². The van der Waals surface area contributed by atoms with Crippen molar-refractivity contribution in [2.24, 2.45) is 10.7 Å². The molecule has 126 valence electrons. The van der Waals surface area contributed by atoms with E-state index in [-0.39, 0.29) is 49.1 Å². The zero-order valence-electron chi connectivity index (χ0n) is 12.4. The zero-order chi connectivity index (χ0) is 15.9. The summed E-state index contributed by atoms with van der Waals surface area (Å²) in [5, 5.41) is 2.94. The first-order chi connectivity index (χ1) is 9.84. The minimum absolute atomic E-state index is 0. The van der Waals surface area contributed by atoms with Gasteiger partial charge in [-0.1, -0.05) is 6.92 Å². The number of hydrogen-bond donors (Lipinski definition) is 2. The van der Waals surface area contributed by atoms with Gasteiger partial charge in [0.25, 0.3) is 0 Å². The van der Waals surface area contributed by atoms with E-state index in [0.29, 0.717) is 0 Å². The Morgan fingerprint density at radius 2 is 2.18 bits per heavy atom. The molecule has 9 heteroatoms. The smallest absolute Gasteiger partial charge is 0.421 e. The summed E-state index contributed by atoms with van der Waals surface area (Å²) in [6.45, 7) is 4.04. The normalized spacial score (nSPS) is 13.2. The van der Waals surface area contributed by atoms with Gasteiger partial charge < -0.3 is 15.8 Å². The number of rotatable bonds is 6. The monoisotopic (exact) mass is 432 g/mol. The molecule has 1 aromatic rings. The van der Waals surface area contributed by atoms with Gasteiger partial charge in [-0.2, -0.15) is 13.2 Å². The van der Waals surface area contributed by atoms with E-state index in [4.69, 9.17) is 10.5 Å². The Hall–Kier alpha value is -1.26. The molecule has 1 unspecified atom stereocenters. The molecular formula is C13H20F3IN4O. The zero-order valence-corrected chi connectivity index (χ0v) is 14.7. The highest BCUT2D eigenvalue weighted by atomic mass is 127. The maximum Gasteiger partial charge on any atom is 0.421 e. The molecule has 0 fully saturated rings. The molecule has 0 aliphatic heterocycles. The average molecular weight is 432 g/mol. The Balaban J connectivity index is 0.00000441. The summed E-state index contributed by atoms with van der Waals surface area (Å²) in [6, 6.07) is 2.31. The van der Waals surface area contributed by atoms with Crippen LogP contribution in [0.1, 0.15) is 25.8 Å². The third-order valence-corrected chi connectivity index (χ3v) is 2.70. The highest BCUT2D eigenvalue weighted by Crippen LogP contribution is 2.34. The fourth-order valence-electron chi connectivity index (χ4n) is 1.43. The number of halogens is 4. The number of aromatic nitrogens is 1. The molecule has 0 amide bonds. The van der Waals surface area contributed by atoms with Gasteiger partial charge in [0, 0.05) is 12.2 Å². The Kier molecular flexibility index (Phi) is 9.14. The molecule has 0 bridgehead atoms. The second-order valence-corrected chi connectivity index (χ2v) is 4.42. The third kappa shape index (κ3) is 7.14. The lowest BCUT2D eigenvalue weighted by molar-refractivity contribution is -0.139.